The normalized spacial score (nSPS) is 27.9. The summed E-state index contributed by atoms with van der Waals surface area (Å²) in [5, 5.41) is 3.48. The van der Waals surface area contributed by atoms with Gasteiger partial charge in [0, 0.05) is 23.1 Å². The number of rotatable bonds is 3. The minimum atomic E-state index is -3.43. The van der Waals surface area contributed by atoms with Gasteiger partial charge >= 0.3 is 0 Å². The lowest BCUT2D eigenvalue weighted by Gasteiger charge is -2.38. The second-order valence-corrected chi connectivity index (χ2v) is 8.53. The Morgan fingerprint density at radius 1 is 1.14 bits per heavy atom. The molecule has 0 radical (unpaired) electrons. The Morgan fingerprint density at radius 3 is 2.67 bits per heavy atom. The molecule has 0 saturated carbocycles. The van der Waals surface area contributed by atoms with Crippen molar-refractivity contribution in [3.05, 3.63) is 28.7 Å². The van der Waals surface area contributed by atoms with Crippen LogP contribution >= 0.6 is 15.9 Å². The monoisotopic (exact) mass is 372 g/mol. The number of piperidine rings is 1. The van der Waals surface area contributed by atoms with Gasteiger partial charge in [0.05, 0.1) is 4.90 Å². The number of hydrogen-bond donors (Lipinski definition) is 1. The Morgan fingerprint density at radius 2 is 1.95 bits per heavy atom. The zero-order valence-electron chi connectivity index (χ0n) is 12.0. The van der Waals surface area contributed by atoms with Crippen molar-refractivity contribution in [3.8, 4) is 0 Å². The summed E-state index contributed by atoms with van der Waals surface area (Å²) in [6.45, 7) is 1.64. The smallest absolute Gasteiger partial charge is 0.244 e. The van der Waals surface area contributed by atoms with Gasteiger partial charge in [0.15, 0.2) is 0 Å². The van der Waals surface area contributed by atoms with E-state index in [0.29, 0.717) is 22.0 Å². The lowest BCUT2D eigenvalue weighted by molar-refractivity contribution is 0.211. The van der Waals surface area contributed by atoms with E-state index in [2.05, 4.69) is 21.2 Å². The highest BCUT2D eigenvalue weighted by atomic mass is 79.9. The third kappa shape index (κ3) is 3.04. The molecular formula is C15H21BrN2O2S. The van der Waals surface area contributed by atoms with Crippen molar-refractivity contribution in [3.63, 3.8) is 0 Å². The molecule has 0 bridgehead atoms. The minimum absolute atomic E-state index is 0.0957. The van der Waals surface area contributed by atoms with Gasteiger partial charge in [0.2, 0.25) is 10.0 Å². The van der Waals surface area contributed by atoms with Crippen LogP contribution < -0.4 is 5.32 Å². The molecule has 0 amide bonds. The zero-order chi connectivity index (χ0) is 14.9. The Bertz CT molecular complexity index is 599. The van der Waals surface area contributed by atoms with Crippen LogP contribution in [0.3, 0.4) is 0 Å². The van der Waals surface area contributed by atoms with E-state index in [9.17, 15) is 8.42 Å². The first-order valence-corrected chi connectivity index (χ1v) is 9.84. The molecule has 1 aromatic carbocycles. The molecule has 0 aliphatic carbocycles. The number of nitrogens with one attached hydrogen (secondary N) is 1. The van der Waals surface area contributed by atoms with Gasteiger partial charge in [-0.3, -0.25) is 0 Å². The number of benzene rings is 1. The van der Waals surface area contributed by atoms with Gasteiger partial charge in [0.1, 0.15) is 0 Å². The second kappa shape index (κ2) is 6.36. The van der Waals surface area contributed by atoms with Gasteiger partial charge in [-0.1, -0.05) is 18.6 Å². The number of nitrogens with zero attached hydrogens (tertiary/aromatic N) is 1. The molecule has 6 heteroatoms. The Hall–Kier alpha value is -0.430. The molecule has 2 unspecified atom stereocenters. The first kappa shape index (κ1) is 15.5. The van der Waals surface area contributed by atoms with Gasteiger partial charge in [-0.2, -0.15) is 4.31 Å². The van der Waals surface area contributed by atoms with Gasteiger partial charge in [-0.25, -0.2) is 8.42 Å². The van der Waals surface area contributed by atoms with E-state index in [-0.39, 0.29) is 6.04 Å². The van der Waals surface area contributed by atoms with Gasteiger partial charge in [-0.05, 0) is 60.3 Å². The third-order valence-electron chi connectivity index (χ3n) is 4.48. The summed E-state index contributed by atoms with van der Waals surface area (Å²) in [5.41, 5.74) is 0. The lowest BCUT2D eigenvalue weighted by Crippen LogP contribution is -2.52. The molecule has 1 N–H and O–H groups in total. The van der Waals surface area contributed by atoms with Crippen LogP contribution in [0.4, 0.5) is 0 Å². The third-order valence-corrected chi connectivity index (χ3v) is 7.42. The predicted octanol–water partition coefficient (Wildman–Crippen LogP) is 2.74. The van der Waals surface area contributed by atoms with Crippen molar-refractivity contribution in [2.24, 2.45) is 0 Å². The van der Waals surface area contributed by atoms with E-state index in [0.717, 1.165) is 38.6 Å². The van der Waals surface area contributed by atoms with Crippen LogP contribution in [0.25, 0.3) is 0 Å². The topological polar surface area (TPSA) is 49.4 Å². The fourth-order valence-corrected chi connectivity index (χ4v) is 6.15. The molecule has 0 spiro atoms. The summed E-state index contributed by atoms with van der Waals surface area (Å²) in [4.78, 5) is 0.384. The molecule has 3 rings (SSSR count). The van der Waals surface area contributed by atoms with Gasteiger partial charge in [-0.15, -0.1) is 0 Å². The van der Waals surface area contributed by atoms with Crippen molar-refractivity contribution in [1.29, 1.82) is 0 Å². The molecule has 2 fully saturated rings. The largest absolute Gasteiger partial charge is 0.312 e. The maximum absolute atomic E-state index is 13.0. The van der Waals surface area contributed by atoms with Gasteiger partial charge in [0.25, 0.3) is 0 Å². The summed E-state index contributed by atoms with van der Waals surface area (Å²) in [5.74, 6) is 0. The molecule has 2 heterocycles. The maximum Gasteiger partial charge on any atom is 0.244 e. The zero-order valence-corrected chi connectivity index (χ0v) is 14.4. The number of halogens is 1. The molecule has 0 aromatic heterocycles. The SMILES string of the molecule is O=S(=O)(c1ccccc1Br)N1CCCCC1C1CCCN1. The summed E-state index contributed by atoms with van der Waals surface area (Å²) >= 11 is 3.38. The molecule has 2 atom stereocenters. The molecular weight excluding hydrogens is 352 g/mol. The maximum atomic E-state index is 13.0. The average Bonchev–Trinajstić information content (AvgIpc) is 3.01. The lowest BCUT2D eigenvalue weighted by atomic mass is 9.97. The summed E-state index contributed by atoms with van der Waals surface area (Å²) in [6, 6.07) is 7.51. The highest BCUT2D eigenvalue weighted by molar-refractivity contribution is 9.10. The fourth-order valence-electron chi connectivity index (χ4n) is 3.45. The van der Waals surface area contributed by atoms with Crippen LogP contribution in [0.2, 0.25) is 0 Å². The molecule has 2 saturated heterocycles. The van der Waals surface area contributed by atoms with Crippen LogP contribution in [-0.4, -0.2) is 37.9 Å². The average molecular weight is 373 g/mol. The van der Waals surface area contributed by atoms with E-state index in [1.165, 1.54) is 0 Å². The Kier molecular flexibility index (Phi) is 4.69. The van der Waals surface area contributed by atoms with E-state index in [4.69, 9.17) is 0 Å². The van der Waals surface area contributed by atoms with Crippen molar-refractivity contribution in [2.75, 3.05) is 13.1 Å². The van der Waals surface area contributed by atoms with E-state index < -0.39 is 10.0 Å². The predicted molar refractivity (Wildman–Crippen MR) is 86.7 cm³/mol. The van der Waals surface area contributed by atoms with E-state index >= 15 is 0 Å². The van der Waals surface area contributed by atoms with E-state index in [1.807, 2.05) is 6.07 Å². The molecule has 4 nitrogen and oxygen atoms in total. The van der Waals surface area contributed by atoms with Crippen molar-refractivity contribution in [1.82, 2.24) is 9.62 Å². The quantitative estimate of drug-likeness (QED) is 0.887. The van der Waals surface area contributed by atoms with Crippen molar-refractivity contribution in [2.45, 2.75) is 49.1 Å². The first-order valence-electron chi connectivity index (χ1n) is 7.60. The Balaban J connectivity index is 1.93. The van der Waals surface area contributed by atoms with Crippen molar-refractivity contribution < 1.29 is 8.42 Å². The summed E-state index contributed by atoms with van der Waals surface area (Å²) in [6.07, 6.45) is 5.25. The Labute approximate surface area is 135 Å². The highest BCUT2D eigenvalue weighted by Crippen LogP contribution is 2.32. The number of hydrogen-bond acceptors (Lipinski definition) is 3. The minimum Gasteiger partial charge on any atom is -0.312 e. The van der Waals surface area contributed by atoms with Crippen molar-refractivity contribution >= 4 is 26.0 Å². The van der Waals surface area contributed by atoms with Crippen LogP contribution in [0.5, 0.6) is 0 Å². The second-order valence-electron chi connectivity index (χ2n) is 5.81. The molecule has 2 aliphatic heterocycles. The van der Waals surface area contributed by atoms with Crippen LogP contribution in [-0.2, 0) is 10.0 Å². The standard InChI is InChI=1S/C15H21BrN2O2S/c16-12-6-1-2-9-15(12)21(19,20)18-11-4-3-8-14(18)13-7-5-10-17-13/h1-2,6,9,13-14,17H,3-5,7-8,10-11H2. The summed E-state index contributed by atoms with van der Waals surface area (Å²) in [7, 11) is -3.43. The molecule has 1 aromatic rings. The molecule has 116 valence electrons. The fraction of sp³-hybridized carbons (Fsp3) is 0.600. The van der Waals surface area contributed by atoms with Crippen LogP contribution in [0.15, 0.2) is 33.6 Å². The van der Waals surface area contributed by atoms with E-state index in [1.54, 1.807) is 22.5 Å². The number of sulfonamides is 1. The first-order chi connectivity index (χ1) is 10.1. The highest BCUT2D eigenvalue weighted by Gasteiger charge is 2.39. The van der Waals surface area contributed by atoms with Crippen LogP contribution in [0, 0.1) is 0 Å². The summed E-state index contributed by atoms with van der Waals surface area (Å²) < 4.78 is 28.5. The van der Waals surface area contributed by atoms with Gasteiger partial charge < -0.3 is 5.32 Å². The molecule has 2 aliphatic rings. The van der Waals surface area contributed by atoms with Crippen LogP contribution in [0.1, 0.15) is 32.1 Å². The molecule has 21 heavy (non-hydrogen) atoms.